The van der Waals surface area contributed by atoms with Crippen molar-refractivity contribution in [3.8, 4) is 0 Å². The lowest BCUT2D eigenvalue weighted by Crippen LogP contribution is -2.15. The first kappa shape index (κ1) is 14.0. The van der Waals surface area contributed by atoms with E-state index < -0.39 is 0 Å². The van der Waals surface area contributed by atoms with Crippen LogP contribution in [0.25, 0.3) is 10.9 Å². The lowest BCUT2D eigenvalue weighted by Gasteiger charge is -2.05. The summed E-state index contributed by atoms with van der Waals surface area (Å²) in [6.07, 6.45) is 3.55. The standard InChI is InChI=1S/C16H22N2O/c1-19-12-6-2-5-11-17-13-15-10-9-14-7-3-4-8-16(14)18-15/h3-4,7-10,17H,2,5-6,11-13H2,1H3. The molecular formula is C16H22N2O. The molecule has 0 fully saturated rings. The molecule has 3 heteroatoms. The Kier molecular flexibility index (Phi) is 5.79. The molecule has 2 rings (SSSR count). The number of pyridine rings is 1. The minimum absolute atomic E-state index is 0.842. The summed E-state index contributed by atoms with van der Waals surface area (Å²) in [5, 5.41) is 4.64. The predicted molar refractivity (Wildman–Crippen MR) is 79.2 cm³/mol. The van der Waals surface area contributed by atoms with Gasteiger partial charge in [0.1, 0.15) is 0 Å². The second-order valence-electron chi connectivity index (χ2n) is 4.73. The van der Waals surface area contributed by atoms with Gasteiger partial charge in [-0.15, -0.1) is 0 Å². The Morgan fingerprint density at radius 2 is 1.95 bits per heavy atom. The third-order valence-electron chi connectivity index (χ3n) is 3.16. The van der Waals surface area contributed by atoms with Gasteiger partial charge in [-0.05, 0) is 37.9 Å². The van der Waals surface area contributed by atoms with Gasteiger partial charge in [0.25, 0.3) is 0 Å². The SMILES string of the molecule is COCCCCCNCc1ccc2ccccc2n1. The molecule has 0 radical (unpaired) electrons. The first-order chi connectivity index (χ1) is 9.40. The fourth-order valence-electron chi connectivity index (χ4n) is 2.10. The third kappa shape index (κ3) is 4.62. The minimum Gasteiger partial charge on any atom is -0.385 e. The number of methoxy groups -OCH3 is 1. The summed E-state index contributed by atoms with van der Waals surface area (Å²) in [5.74, 6) is 0. The van der Waals surface area contributed by atoms with Crippen LogP contribution in [0.5, 0.6) is 0 Å². The second-order valence-corrected chi connectivity index (χ2v) is 4.73. The Labute approximate surface area is 115 Å². The van der Waals surface area contributed by atoms with Crippen molar-refractivity contribution in [2.24, 2.45) is 0 Å². The largest absolute Gasteiger partial charge is 0.385 e. The number of rotatable bonds is 8. The molecule has 0 spiro atoms. The Morgan fingerprint density at radius 3 is 2.84 bits per heavy atom. The van der Waals surface area contributed by atoms with E-state index in [9.17, 15) is 0 Å². The van der Waals surface area contributed by atoms with Gasteiger partial charge in [-0.2, -0.15) is 0 Å². The highest BCUT2D eigenvalue weighted by Gasteiger charge is 1.97. The van der Waals surface area contributed by atoms with E-state index in [0.29, 0.717) is 0 Å². The van der Waals surface area contributed by atoms with Crippen molar-refractivity contribution >= 4 is 10.9 Å². The molecule has 0 amide bonds. The second kappa shape index (κ2) is 7.87. The van der Waals surface area contributed by atoms with E-state index in [1.807, 2.05) is 12.1 Å². The molecule has 0 aliphatic heterocycles. The summed E-state index contributed by atoms with van der Waals surface area (Å²) in [4.78, 5) is 4.64. The summed E-state index contributed by atoms with van der Waals surface area (Å²) < 4.78 is 5.03. The predicted octanol–water partition coefficient (Wildman–Crippen LogP) is 3.14. The van der Waals surface area contributed by atoms with E-state index in [1.165, 1.54) is 18.2 Å². The van der Waals surface area contributed by atoms with Crippen LogP contribution in [0.3, 0.4) is 0 Å². The summed E-state index contributed by atoms with van der Waals surface area (Å²) in [5.41, 5.74) is 2.18. The maximum Gasteiger partial charge on any atom is 0.0705 e. The number of nitrogens with zero attached hydrogens (tertiary/aromatic N) is 1. The molecular weight excluding hydrogens is 236 g/mol. The van der Waals surface area contributed by atoms with Crippen LogP contribution in [-0.2, 0) is 11.3 Å². The van der Waals surface area contributed by atoms with Crippen LogP contribution in [0.4, 0.5) is 0 Å². The van der Waals surface area contributed by atoms with Crippen LogP contribution in [0.15, 0.2) is 36.4 Å². The first-order valence-electron chi connectivity index (χ1n) is 6.94. The number of hydrogen-bond donors (Lipinski definition) is 1. The number of fused-ring (bicyclic) bond motifs is 1. The molecule has 0 unspecified atom stereocenters. The lowest BCUT2D eigenvalue weighted by molar-refractivity contribution is 0.192. The number of unbranched alkanes of at least 4 members (excludes halogenated alkanes) is 2. The van der Waals surface area contributed by atoms with Gasteiger partial charge in [-0.25, -0.2) is 0 Å². The van der Waals surface area contributed by atoms with E-state index in [2.05, 4.69) is 34.6 Å². The van der Waals surface area contributed by atoms with Crippen molar-refractivity contribution in [1.29, 1.82) is 0 Å². The molecule has 0 saturated heterocycles. The monoisotopic (exact) mass is 258 g/mol. The Bertz CT molecular complexity index is 499. The number of hydrogen-bond acceptors (Lipinski definition) is 3. The van der Waals surface area contributed by atoms with Gasteiger partial charge in [0.15, 0.2) is 0 Å². The van der Waals surface area contributed by atoms with Crippen molar-refractivity contribution in [1.82, 2.24) is 10.3 Å². The van der Waals surface area contributed by atoms with Gasteiger partial charge < -0.3 is 10.1 Å². The molecule has 19 heavy (non-hydrogen) atoms. The van der Waals surface area contributed by atoms with Gasteiger partial charge in [0, 0.05) is 25.6 Å². The van der Waals surface area contributed by atoms with Crippen LogP contribution in [0.1, 0.15) is 25.0 Å². The van der Waals surface area contributed by atoms with Crippen molar-refractivity contribution in [3.05, 3.63) is 42.1 Å². The summed E-state index contributed by atoms with van der Waals surface area (Å²) in [6.45, 7) is 2.75. The van der Waals surface area contributed by atoms with E-state index in [1.54, 1.807) is 7.11 Å². The maximum atomic E-state index is 5.03. The molecule has 1 aromatic carbocycles. The van der Waals surface area contributed by atoms with Crippen LogP contribution in [0, 0.1) is 0 Å². The van der Waals surface area contributed by atoms with Crippen molar-refractivity contribution < 1.29 is 4.74 Å². The number of benzene rings is 1. The quantitative estimate of drug-likeness (QED) is 0.739. The number of aromatic nitrogens is 1. The van der Waals surface area contributed by atoms with Gasteiger partial charge in [0.2, 0.25) is 0 Å². The Hall–Kier alpha value is -1.45. The fraction of sp³-hybridized carbons (Fsp3) is 0.438. The normalized spacial score (nSPS) is 11.0. The van der Waals surface area contributed by atoms with Gasteiger partial charge in [-0.3, -0.25) is 4.98 Å². The first-order valence-corrected chi connectivity index (χ1v) is 6.94. The van der Waals surface area contributed by atoms with E-state index in [0.717, 1.165) is 37.3 Å². The molecule has 0 atom stereocenters. The highest BCUT2D eigenvalue weighted by Crippen LogP contribution is 2.11. The fourth-order valence-corrected chi connectivity index (χ4v) is 2.10. The van der Waals surface area contributed by atoms with Crippen LogP contribution in [-0.4, -0.2) is 25.2 Å². The average molecular weight is 258 g/mol. The molecule has 0 aliphatic rings. The third-order valence-corrected chi connectivity index (χ3v) is 3.16. The minimum atomic E-state index is 0.842. The van der Waals surface area contributed by atoms with E-state index >= 15 is 0 Å². The van der Waals surface area contributed by atoms with Crippen molar-refractivity contribution in [3.63, 3.8) is 0 Å². The average Bonchev–Trinajstić information content (AvgIpc) is 2.46. The zero-order chi connectivity index (χ0) is 13.3. The highest BCUT2D eigenvalue weighted by molar-refractivity contribution is 5.78. The molecule has 1 heterocycles. The van der Waals surface area contributed by atoms with Gasteiger partial charge in [0.05, 0.1) is 11.2 Å². The van der Waals surface area contributed by atoms with E-state index in [4.69, 9.17) is 4.74 Å². The zero-order valence-corrected chi connectivity index (χ0v) is 11.6. The summed E-state index contributed by atoms with van der Waals surface area (Å²) in [7, 11) is 1.75. The molecule has 3 nitrogen and oxygen atoms in total. The smallest absolute Gasteiger partial charge is 0.0705 e. The lowest BCUT2D eigenvalue weighted by atomic mass is 10.2. The van der Waals surface area contributed by atoms with E-state index in [-0.39, 0.29) is 0 Å². The summed E-state index contributed by atoms with van der Waals surface area (Å²) in [6, 6.07) is 12.5. The van der Waals surface area contributed by atoms with Crippen molar-refractivity contribution in [2.45, 2.75) is 25.8 Å². The molecule has 2 aromatic rings. The molecule has 1 N–H and O–H groups in total. The van der Waals surface area contributed by atoms with Gasteiger partial charge >= 0.3 is 0 Å². The number of para-hydroxylation sites is 1. The van der Waals surface area contributed by atoms with Crippen LogP contribution in [0.2, 0.25) is 0 Å². The summed E-state index contributed by atoms with van der Waals surface area (Å²) >= 11 is 0. The zero-order valence-electron chi connectivity index (χ0n) is 11.6. The maximum absolute atomic E-state index is 5.03. The Balaban J connectivity index is 1.72. The highest BCUT2D eigenvalue weighted by atomic mass is 16.5. The molecule has 0 saturated carbocycles. The topological polar surface area (TPSA) is 34.1 Å². The molecule has 0 aliphatic carbocycles. The number of ether oxygens (including phenoxy) is 1. The molecule has 0 bridgehead atoms. The van der Waals surface area contributed by atoms with Crippen molar-refractivity contribution in [2.75, 3.05) is 20.3 Å². The van der Waals surface area contributed by atoms with Crippen LogP contribution >= 0.6 is 0 Å². The Morgan fingerprint density at radius 1 is 1.05 bits per heavy atom. The van der Waals surface area contributed by atoms with Crippen LogP contribution < -0.4 is 5.32 Å². The number of nitrogens with one attached hydrogen (secondary N) is 1. The molecule has 102 valence electrons. The molecule has 1 aromatic heterocycles. The van der Waals surface area contributed by atoms with Gasteiger partial charge in [-0.1, -0.05) is 24.3 Å².